The van der Waals surface area contributed by atoms with Gasteiger partial charge in [0.05, 0.1) is 24.4 Å². The zero-order chi connectivity index (χ0) is 47.3. The van der Waals surface area contributed by atoms with E-state index in [0.717, 1.165) is 12.0 Å². The standard InChI is InChI=1S/C50H77NO13/c1-30-15-11-10-12-16-31(2)41(60-7)29-38-22-19-35(6)50(59,64-38)47(56)48(57)51-24-14-13-17-39(51)49(58)63-42(33(4)26-36-20-23-40(53)43(27-36)61-8)28-37(52)21-18-32(3)44(54)46(62-9)45(55)34(5)25-30/h10-12,15-16,18,30,33-36,38-44,46,53-54,59H,13-14,17,19-29H2,1-9H3/b12-10+,15-11+,31-16+,32-18+/t30-,33-,34-,35-,36+,38?,39+,40-,41+,42+,43?,44-,46?,50-/m1/s1. The molecule has 3 fully saturated rings. The largest absolute Gasteiger partial charge is 0.460 e. The number of allylic oxidation sites excluding steroid dienone is 6. The number of rotatable bonds is 6. The highest BCUT2D eigenvalue weighted by atomic mass is 16.6. The van der Waals surface area contributed by atoms with Crippen LogP contribution in [0.15, 0.2) is 47.6 Å². The summed E-state index contributed by atoms with van der Waals surface area (Å²) in [5.41, 5.74) is 1.27. The van der Waals surface area contributed by atoms with E-state index in [1.54, 1.807) is 34.1 Å². The van der Waals surface area contributed by atoms with Gasteiger partial charge in [-0.2, -0.15) is 0 Å². The summed E-state index contributed by atoms with van der Waals surface area (Å²) >= 11 is 0. The first-order valence-corrected chi connectivity index (χ1v) is 23.5. The van der Waals surface area contributed by atoms with Crippen molar-refractivity contribution in [1.82, 2.24) is 4.90 Å². The number of aliphatic hydroxyl groups is 3. The second kappa shape index (κ2) is 25.0. The molecule has 3 N–H and O–H groups in total. The third-order valence-corrected chi connectivity index (χ3v) is 14.1. The Labute approximate surface area is 380 Å². The fourth-order valence-electron chi connectivity index (χ4n) is 9.85. The first kappa shape index (κ1) is 53.2. The summed E-state index contributed by atoms with van der Waals surface area (Å²) in [4.78, 5) is 71.2. The van der Waals surface area contributed by atoms with Crippen LogP contribution in [0.4, 0.5) is 0 Å². The van der Waals surface area contributed by atoms with Gasteiger partial charge in [-0.25, -0.2) is 4.79 Å². The van der Waals surface area contributed by atoms with E-state index in [-0.39, 0.29) is 61.2 Å². The molecule has 2 saturated heterocycles. The molecule has 0 radical (unpaired) electrons. The number of nitrogens with zero attached hydrogens (tertiary/aromatic N) is 1. The van der Waals surface area contributed by atoms with Crippen LogP contribution in [-0.4, -0.2) is 132 Å². The van der Waals surface area contributed by atoms with Gasteiger partial charge >= 0.3 is 5.97 Å². The summed E-state index contributed by atoms with van der Waals surface area (Å²) in [7, 11) is 4.51. The molecule has 3 aliphatic heterocycles. The summed E-state index contributed by atoms with van der Waals surface area (Å²) in [5, 5.41) is 33.7. The number of aliphatic hydroxyl groups excluding tert-OH is 2. The predicted octanol–water partition coefficient (Wildman–Crippen LogP) is 5.93. The van der Waals surface area contributed by atoms with Crippen LogP contribution in [0.2, 0.25) is 0 Å². The number of carbonyl (C=O) groups excluding carboxylic acids is 5. The van der Waals surface area contributed by atoms with E-state index >= 15 is 0 Å². The van der Waals surface area contributed by atoms with Crippen molar-refractivity contribution < 1.29 is 63.0 Å². The van der Waals surface area contributed by atoms with Crippen LogP contribution >= 0.6 is 0 Å². The van der Waals surface area contributed by atoms with Gasteiger partial charge in [-0.15, -0.1) is 0 Å². The van der Waals surface area contributed by atoms with Crippen molar-refractivity contribution in [3.8, 4) is 0 Å². The molecule has 4 rings (SSSR count). The Morgan fingerprint density at radius 1 is 0.859 bits per heavy atom. The van der Waals surface area contributed by atoms with Gasteiger partial charge in [0.1, 0.15) is 30.1 Å². The lowest BCUT2D eigenvalue weighted by Crippen LogP contribution is -2.61. The molecular weight excluding hydrogens is 823 g/mol. The smallest absolute Gasteiger partial charge is 0.329 e. The first-order valence-electron chi connectivity index (χ1n) is 23.5. The highest BCUT2D eigenvalue weighted by Crippen LogP contribution is 2.37. The van der Waals surface area contributed by atoms with Gasteiger partial charge in [0.25, 0.3) is 11.7 Å². The lowest BCUT2D eigenvalue weighted by Gasteiger charge is -2.42. The molecule has 1 aliphatic carbocycles. The lowest BCUT2D eigenvalue weighted by atomic mass is 9.78. The Morgan fingerprint density at radius 3 is 2.28 bits per heavy atom. The zero-order valence-corrected chi connectivity index (χ0v) is 39.7. The summed E-state index contributed by atoms with van der Waals surface area (Å²) in [6.45, 7) is 11.0. The molecule has 1 amide bonds. The molecule has 3 heterocycles. The van der Waals surface area contributed by atoms with E-state index in [0.29, 0.717) is 63.4 Å². The molecule has 2 bridgehead atoms. The Balaban J connectivity index is 1.68. The van der Waals surface area contributed by atoms with Crippen molar-refractivity contribution in [2.24, 2.45) is 29.6 Å². The molecule has 14 nitrogen and oxygen atoms in total. The van der Waals surface area contributed by atoms with Crippen molar-refractivity contribution >= 4 is 29.2 Å². The maximum Gasteiger partial charge on any atom is 0.329 e. The van der Waals surface area contributed by atoms with E-state index in [2.05, 4.69) is 0 Å². The Bertz CT molecular complexity index is 1720. The van der Waals surface area contributed by atoms with E-state index in [1.807, 2.05) is 58.1 Å². The molecule has 0 spiro atoms. The number of esters is 1. The second-order valence-corrected chi connectivity index (χ2v) is 19.1. The van der Waals surface area contributed by atoms with Crippen molar-refractivity contribution in [2.45, 2.75) is 180 Å². The molecule has 64 heavy (non-hydrogen) atoms. The number of hydrogen-bond acceptors (Lipinski definition) is 13. The molecule has 4 aliphatic rings. The second-order valence-electron chi connectivity index (χ2n) is 19.1. The fraction of sp³-hybridized carbons (Fsp3) is 0.740. The van der Waals surface area contributed by atoms with Crippen LogP contribution in [-0.2, 0) is 47.7 Å². The number of ether oxygens (including phenoxy) is 5. The van der Waals surface area contributed by atoms with E-state index in [4.69, 9.17) is 23.7 Å². The third-order valence-electron chi connectivity index (χ3n) is 14.1. The number of carbonyl (C=O) groups is 5. The molecular formula is C50H77NO13. The van der Waals surface area contributed by atoms with Gasteiger partial charge in [-0.05, 0) is 107 Å². The van der Waals surface area contributed by atoms with Gasteiger partial charge in [0.15, 0.2) is 5.78 Å². The molecule has 0 aromatic carbocycles. The summed E-state index contributed by atoms with van der Waals surface area (Å²) < 4.78 is 29.2. The van der Waals surface area contributed by atoms with Gasteiger partial charge in [-0.1, -0.05) is 64.2 Å². The summed E-state index contributed by atoms with van der Waals surface area (Å²) in [5.74, 6) is -7.18. The van der Waals surface area contributed by atoms with Crippen LogP contribution in [0.3, 0.4) is 0 Å². The van der Waals surface area contributed by atoms with Crippen molar-refractivity contribution in [2.75, 3.05) is 27.9 Å². The van der Waals surface area contributed by atoms with Gasteiger partial charge in [0, 0.05) is 59.0 Å². The maximum atomic E-state index is 14.3. The monoisotopic (exact) mass is 900 g/mol. The third kappa shape index (κ3) is 14.1. The molecule has 1 saturated carbocycles. The zero-order valence-electron chi connectivity index (χ0n) is 39.7. The number of amides is 1. The van der Waals surface area contributed by atoms with Crippen LogP contribution < -0.4 is 0 Å². The Kier molecular flexibility index (Phi) is 20.8. The molecule has 14 atom stereocenters. The fourth-order valence-corrected chi connectivity index (χ4v) is 9.85. The molecule has 0 aromatic heterocycles. The number of fused-ring (bicyclic) bond motifs is 3. The highest BCUT2D eigenvalue weighted by molar-refractivity contribution is 6.39. The van der Waals surface area contributed by atoms with E-state index < -0.39 is 77.9 Å². The van der Waals surface area contributed by atoms with Crippen LogP contribution in [0.1, 0.15) is 125 Å². The van der Waals surface area contributed by atoms with Crippen LogP contribution in [0, 0.1) is 29.6 Å². The molecule has 0 aromatic rings. The number of cyclic esters (lactones) is 1. The van der Waals surface area contributed by atoms with E-state index in [9.17, 15) is 39.3 Å². The molecule has 360 valence electrons. The predicted molar refractivity (Wildman–Crippen MR) is 241 cm³/mol. The lowest BCUT2D eigenvalue weighted by molar-refractivity contribution is -0.265. The number of methoxy groups -OCH3 is 3. The van der Waals surface area contributed by atoms with Gasteiger partial charge < -0.3 is 43.9 Å². The van der Waals surface area contributed by atoms with E-state index in [1.165, 1.54) is 12.0 Å². The van der Waals surface area contributed by atoms with Crippen molar-refractivity contribution in [3.05, 3.63) is 47.6 Å². The minimum Gasteiger partial charge on any atom is -0.460 e. The SMILES string of the molecule is COC1C[C@H](C[C@@H](C)[C@@H]2CC(=O)C/C=C(\C)[C@@H](O)C(OC)C(=O)[C@H](C)C[C@H](C)/C=C/C=C/C=C(\C)[C@@H](OC)CC3CC[C@@H](C)[C@@](O)(O3)C(=O)C(=O)N3CCCC[C@H]3C(=O)O2)CC[C@H]1O. The normalized spacial score (nSPS) is 39.7. The maximum absolute atomic E-state index is 14.3. The topological polar surface area (TPSA) is 195 Å². The van der Waals surface area contributed by atoms with Crippen molar-refractivity contribution in [3.63, 3.8) is 0 Å². The van der Waals surface area contributed by atoms with Crippen LogP contribution in [0.25, 0.3) is 0 Å². The summed E-state index contributed by atoms with van der Waals surface area (Å²) in [6, 6.07) is -1.13. The van der Waals surface area contributed by atoms with Crippen LogP contribution in [0.5, 0.6) is 0 Å². The average Bonchev–Trinajstić information content (AvgIpc) is 3.27. The highest BCUT2D eigenvalue weighted by Gasteiger charge is 2.53. The minimum atomic E-state index is -2.42. The van der Waals surface area contributed by atoms with Gasteiger partial charge in [-0.3, -0.25) is 19.2 Å². The molecule has 14 heteroatoms. The molecule has 3 unspecified atom stereocenters. The van der Waals surface area contributed by atoms with Gasteiger partial charge in [0.2, 0.25) is 5.79 Å². The number of hydrogen-bond donors (Lipinski definition) is 3. The quantitative estimate of drug-likeness (QED) is 0.161. The first-order chi connectivity index (χ1) is 30.3. The minimum absolute atomic E-state index is 0.0239. The Morgan fingerprint density at radius 2 is 1.59 bits per heavy atom. The number of piperidine rings is 1. The number of ketones is 3. The Hall–Kier alpha value is -3.37. The average molecular weight is 900 g/mol. The van der Waals surface area contributed by atoms with Crippen molar-refractivity contribution in [1.29, 1.82) is 0 Å². The number of Topliss-reactive ketones (excluding diaryl/α,β-unsaturated/α-hetero) is 3. The summed E-state index contributed by atoms with van der Waals surface area (Å²) in [6.07, 6.45) is 11.1.